The van der Waals surface area contributed by atoms with Gasteiger partial charge in [-0.2, -0.15) is 11.8 Å². The fourth-order valence-electron chi connectivity index (χ4n) is 3.07. The number of nitrogens with one attached hydrogen (secondary N) is 2. The summed E-state index contributed by atoms with van der Waals surface area (Å²) in [6, 6.07) is 0.337. The van der Waals surface area contributed by atoms with E-state index in [0.717, 1.165) is 19.5 Å². The van der Waals surface area contributed by atoms with Crippen molar-refractivity contribution in [3.63, 3.8) is 0 Å². The highest BCUT2D eigenvalue weighted by Gasteiger charge is 2.35. The first kappa shape index (κ1) is 13.2. The van der Waals surface area contributed by atoms with Crippen molar-refractivity contribution < 1.29 is 4.79 Å². The summed E-state index contributed by atoms with van der Waals surface area (Å²) in [5, 5.41) is 6.52. The topological polar surface area (TPSA) is 41.1 Å². The van der Waals surface area contributed by atoms with Gasteiger partial charge in [-0.15, -0.1) is 0 Å². The molecule has 2 N–H and O–H groups in total. The van der Waals surface area contributed by atoms with E-state index in [0.29, 0.717) is 10.8 Å². The Hall–Kier alpha value is -0.220. The van der Waals surface area contributed by atoms with Gasteiger partial charge in [-0.05, 0) is 39.0 Å². The summed E-state index contributed by atoms with van der Waals surface area (Å²) < 4.78 is 0.324. The average molecular weight is 256 g/mol. The summed E-state index contributed by atoms with van der Waals surface area (Å²) in [4.78, 5) is 12.1. The van der Waals surface area contributed by atoms with Gasteiger partial charge in [0.25, 0.3) is 0 Å². The monoisotopic (exact) mass is 256 g/mol. The maximum atomic E-state index is 12.1. The highest BCUT2D eigenvalue weighted by atomic mass is 32.2. The summed E-state index contributed by atoms with van der Waals surface area (Å²) in [6.45, 7) is 3.94. The Morgan fingerprint density at radius 3 is 2.71 bits per heavy atom. The summed E-state index contributed by atoms with van der Waals surface area (Å²) in [7, 11) is 0. The van der Waals surface area contributed by atoms with E-state index in [1.165, 1.54) is 25.7 Å². The zero-order valence-electron chi connectivity index (χ0n) is 10.9. The third kappa shape index (κ3) is 2.97. The van der Waals surface area contributed by atoms with Crippen LogP contribution in [0, 0.1) is 5.92 Å². The van der Waals surface area contributed by atoms with Crippen molar-refractivity contribution in [3.05, 3.63) is 0 Å². The van der Waals surface area contributed by atoms with Gasteiger partial charge in [-0.1, -0.05) is 12.8 Å². The van der Waals surface area contributed by atoms with E-state index in [2.05, 4.69) is 23.8 Å². The van der Waals surface area contributed by atoms with Crippen molar-refractivity contribution in [2.24, 2.45) is 5.92 Å². The number of carbonyl (C=O) groups excluding carboxylic acids is 1. The molecule has 0 aromatic rings. The molecule has 1 saturated heterocycles. The zero-order valence-corrected chi connectivity index (χ0v) is 11.7. The molecular formula is C13H24N2OS. The molecule has 1 aliphatic carbocycles. The number of hydrogen-bond donors (Lipinski definition) is 2. The van der Waals surface area contributed by atoms with Gasteiger partial charge in [-0.25, -0.2) is 0 Å². The molecule has 2 rings (SSSR count). The molecule has 2 fully saturated rings. The Morgan fingerprint density at radius 2 is 2.18 bits per heavy atom. The second kappa shape index (κ2) is 5.61. The Balaban J connectivity index is 1.82. The lowest BCUT2D eigenvalue weighted by Gasteiger charge is -2.28. The van der Waals surface area contributed by atoms with Crippen LogP contribution in [0.2, 0.25) is 0 Å². The lowest BCUT2D eigenvalue weighted by Crippen LogP contribution is -2.43. The van der Waals surface area contributed by atoms with Crippen molar-refractivity contribution in [2.45, 2.75) is 49.8 Å². The molecule has 2 unspecified atom stereocenters. The maximum absolute atomic E-state index is 12.1. The summed E-state index contributed by atoms with van der Waals surface area (Å²) in [6.07, 6.45) is 8.31. The van der Waals surface area contributed by atoms with Gasteiger partial charge in [0.2, 0.25) is 5.91 Å². The van der Waals surface area contributed by atoms with Gasteiger partial charge < -0.3 is 10.6 Å². The molecule has 98 valence electrons. The van der Waals surface area contributed by atoms with E-state index < -0.39 is 0 Å². The molecule has 0 aromatic carbocycles. The third-order valence-electron chi connectivity index (χ3n) is 4.39. The van der Waals surface area contributed by atoms with Crippen LogP contribution in [0.5, 0.6) is 0 Å². The molecule has 0 bridgehead atoms. The van der Waals surface area contributed by atoms with Crippen molar-refractivity contribution >= 4 is 17.7 Å². The number of thioether (sulfide) groups is 1. The minimum atomic E-state index is 0.176. The predicted octanol–water partition coefficient (Wildman–Crippen LogP) is 1.78. The van der Waals surface area contributed by atoms with Gasteiger partial charge in [0.05, 0.1) is 5.92 Å². The van der Waals surface area contributed by atoms with E-state index in [1.807, 2.05) is 11.8 Å². The third-order valence-corrected chi connectivity index (χ3v) is 5.81. The number of carbonyl (C=O) groups is 1. The first-order chi connectivity index (χ1) is 8.17. The summed E-state index contributed by atoms with van der Waals surface area (Å²) in [5.41, 5.74) is 0. The maximum Gasteiger partial charge on any atom is 0.224 e. The molecular weight excluding hydrogens is 232 g/mol. The van der Waals surface area contributed by atoms with Crippen LogP contribution >= 0.6 is 11.8 Å². The summed E-state index contributed by atoms with van der Waals surface area (Å²) in [5.74, 6) is 0.429. The summed E-state index contributed by atoms with van der Waals surface area (Å²) >= 11 is 1.93. The Bertz CT molecular complexity index is 277. The lowest BCUT2D eigenvalue weighted by molar-refractivity contribution is -0.125. The second-order valence-corrected chi connectivity index (χ2v) is 6.72. The number of amides is 1. The van der Waals surface area contributed by atoms with Gasteiger partial charge in [0.1, 0.15) is 0 Å². The zero-order chi connectivity index (χ0) is 12.3. The molecule has 1 saturated carbocycles. The Labute approximate surface area is 108 Å². The minimum absolute atomic E-state index is 0.176. The van der Waals surface area contributed by atoms with Gasteiger partial charge in [-0.3, -0.25) is 4.79 Å². The highest BCUT2D eigenvalue weighted by molar-refractivity contribution is 8.00. The van der Waals surface area contributed by atoms with E-state index in [1.54, 1.807) is 0 Å². The van der Waals surface area contributed by atoms with Crippen molar-refractivity contribution in [3.8, 4) is 0 Å². The fraction of sp³-hybridized carbons (Fsp3) is 0.923. The molecule has 17 heavy (non-hydrogen) atoms. The molecule has 1 heterocycles. The van der Waals surface area contributed by atoms with Crippen molar-refractivity contribution in [1.82, 2.24) is 10.6 Å². The first-order valence-electron chi connectivity index (χ1n) is 6.73. The fourth-order valence-corrected chi connectivity index (χ4v) is 3.98. The predicted molar refractivity (Wildman–Crippen MR) is 73.3 cm³/mol. The normalized spacial score (nSPS) is 31.6. The molecule has 0 radical (unpaired) electrons. The smallest absolute Gasteiger partial charge is 0.224 e. The molecule has 4 heteroatoms. The van der Waals surface area contributed by atoms with Crippen LogP contribution in [-0.4, -0.2) is 36.0 Å². The van der Waals surface area contributed by atoms with Gasteiger partial charge in [0.15, 0.2) is 0 Å². The molecule has 2 atom stereocenters. The molecule has 2 aliphatic rings. The first-order valence-corrected chi connectivity index (χ1v) is 7.96. The van der Waals surface area contributed by atoms with E-state index in [9.17, 15) is 4.79 Å². The van der Waals surface area contributed by atoms with Crippen LogP contribution in [0.25, 0.3) is 0 Å². The SMILES string of the molecule is CSC1(CNC(=O)C2CCNC2C)CCCC1. The van der Waals surface area contributed by atoms with Crippen LogP contribution in [0.1, 0.15) is 39.0 Å². The van der Waals surface area contributed by atoms with Crippen LogP contribution in [0.4, 0.5) is 0 Å². The number of hydrogen-bond acceptors (Lipinski definition) is 3. The van der Waals surface area contributed by atoms with E-state index >= 15 is 0 Å². The molecule has 1 aliphatic heterocycles. The van der Waals surface area contributed by atoms with E-state index in [-0.39, 0.29) is 11.8 Å². The molecule has 1 amide bonds. The van der Waals surface area contributed by atoms with Crippen LogP contribution in [-0.2, 0) is 4.79 Å². The Kier molecular flexibility index (Phi) is 4.36. The van der Waals surface area contributed by atoms with Crippen molar-refractivity contribution in [1.29, 1.82) is 0 Å². The standard InChI is InChI=1S/C13H24N2OS/c1-10-11(5-8-14-10)12(16)15-9-13(17-2)6-3-4-7-13/h10-11,14H,3-9H2,1-2H3,(H,15,16). The van der Waals surface area contributed by atoms with Crippen LogP contribution in [0.15, 0.2) is 0 Å². The quantitative estimate of drug-likeness (QED) is 0.805. The van der Waals surface area contributed by atoms with Crippen molar-refractivity contribution in [2.75, 3.05) is 19.3 Å². The second-order valence-electron chi connectivity index (χ2n) is 5.45. The average Bonchev–Trinajstić information content (AvgIpc) is 2.95. The molecule has 0 aromatic heterocycles. The highest BCUT2D eigenvalue weighted by Crippen LogP contribution is 2.39. The minimum Gasteiger partial charge on any atom is -0.354 e. The number of rotatable bonds is 4. The van der Waals surface area contributed by atoms with Crippen LogP contribution in [0.3, 0.4) is 0 Å². The Morgan fingerprint density at radius 1 is 1.47 bits per heavy atom. The van der Waals surface area contributed by atoms with Gasteiger partial charge in [0, 0.05) is 17.3 Å². The largest absolute Gasteiger partial charge is 0.354 e. The lowest BCUT2D eigenvalue weighted by atomic mass is 10.0. The van der Waals surface area contributed by atoms with Crippen LogP contribution < -0.4 is 10.6 Å². The molecule has 3 nitrogen and oxygen atoms in total. The van der Waals surface area contributed by atoms with Gasteiger partial charge >= 0.3 is 0 Å². The molecule has 0 spiro atoms. The van der Waals surface area contributed by atoms with E-state index in [4.69, 9.17) is 0 Å².